The van der Waals surface area contributed by atoms with E-state index in [1.807, 2.05) is 24.5 Å². The number of ether oxygens (including phenoxy) is 1. The number of methoxy groups -OCH3 is 1. The summed E-state index contributed by atoms with van der Waals surface area (Å²) in [5, 5.41) is 12.6. The van der Waals surface area contributed by atoms with Gasteiger partial charge in [0.15, 0.2) is 0 Å². The maximum absolute atomic E-state index is 11.5. The standard InChI is InChI=1S/C35H47N3O2/c1-9-22-21-38-15-13-23(22)17-31(38)32(27-12-14-36-30-11-10-26(40-8)19-28(27)30)37-20-24-16-25(34(2,3)4)18-29(33(24)39)35(5,6)7/h10-12,14,16,18-20,22-23,31-32,39H,9,13,15,17,21H2,1-8H3/t22?,23?,31-,32-/m0/s1. The van der Waals surface area contributed by atoms with Gasteiger partial charge in [0.05, 0.1) is 18.7 Å². The maximum atomic E-state index is 11.5. The van der Waals surface area contributed by atoms with Gasteiger partial charge in [-0.1, -0.05) is 61.0 Å². The number of nitrogens with zero attached hydrogens (tertiary/aromatic N) is 3. The Hall–Kier alpha value is -2.92. The molecule has 3 aliphatic heterocycles. The largest absolute Gasteiger partial charge is 0.507 e. The van der Waals surface area contributed by atoms with E-state index in [1.165, 1.54) is 24.0 Å². The molecule has 2 bridgehead atoms. The number of fused-ring (bicyclic) bond motifs is 4. The van der Waals surface area contributed by atoms with Crippen molar-refractivity contribution < 1.29 is 9.84 Å². The first-order valence-electron chi connectivity index (χ1n) is 15.0. The average Bonchev–Trinajstić information content (AvgIpc) is 2.92. The lowest BCUT2D eigenvalue weighted by atomic mass is 9.72. The summed E-state index contributed by atoms with van der Waals surface area (Å²) in [6, 6.07) is 12.8. The number of rotatable bonds is 6. The van der Waals surface area contributed by atoms with Crippen molar-refractivity contribution in [1.29, 1.82) is 0 Å². The van der Waals surface area contributed by atoms with Crippen LogP contribution in [-0.4, -0.2) is 47.4 Å². The van der Waals surface area contributed by atoms with Crippen molar-refractivity contribution >= 4 is 17.1 Å². The van der Waals surface area contributed by atoms with Gasteiger partial charge in [-0.2, -0.15) is 0 Å². The molecule has 3 unspecified atom stereocenters. The topological polar surface area (TPSA) is 58.0 Å². The van der Waals surface area contributed by atoms with E-state index in [4.69, 9.17) is 9.73 Å². The minimum absolute atomic E-state index is 0.0447. The highest BCUT2D eigenvalue weighted by molar-refractivity contribution is 5.87. The van der Waals surface area contributed by atoms with E-state index in [-0.39, 0.29) is 16.9 Å². The Labute approximate surface area is 240 Å². The van der Waals surface area contributed by atoms with Crippen molar-refractivity contribution in [1.82, 2.24) is 9.88 Å². The van der Waals surface area contributed by atoms with Crippen molar-refractivity contribution in [2.45, 2.75) is 90.6 Å². The molecule has 40 heavy (non-hydrogen) atoms. The van der Waals surface area contributed by atoms with Gasteiger partial charge in [-0.25, -0.2) is 0 Å². The lowest BCUT2D eigenvalue weighted by Crippen LogP contribution is -2.55. The molecule has 3 fully saturated rings. The Morgan fingerprint density at radius 2 is 1.88 bits per heavy atom. The molecular weight excluding hydrogens is 494 g/mol. The van der Waals surface area contributed by atoms with Crippen molar-refractivity contribution in [3.05, 3.63) is 64.8 Å². The van der Waals surface area contributed by atoms with Gasteiger partial charge in [0, 0.05) is 41.5 Å². The fraction of sp³-hybridized carbons (Fsp3) is 0.543. The van der Waals surface area contributed by atoms with Gasteiger partial charge < -0.3 is 9.84 Å². The molecular formula is C35H47N3O2. The first-order valence-corrected chi connectivity index (χ1v) is 15.0. The molecule has 4 heterocycles. The molecule has 3 saturated heterocycles. The molecule has 3 aliphatic rings. The maximum Gasteiger partial charge on any atom is 0.128 e. The predicted octanol–water partition coefficient (Wildman–Crippen LogP) is 7.82. The minimum Gasteiger partial charge on any atom is -0.507 e. The molecule has 2 aromatic carbocycles. The molecule has 214 valence electrons. The van der Waals surface area contributed by atoms with E-state index in [0.29, 0.717) is 11.8 Å². The van der Waals surface area contributed by atoms with Crippen molar-refractivity contribution in [2.24, 2.45) is 16.8 Å². The summed E-state index contributed by atoms with van der Waals surface area (Å²) in [7, 11) is 1.71. The Balaban J connectivity index is 1.65. The predicted molar refractivity (Wildman–Crippen MR) is 166 cm³/mol. The van der Waals surface area contributed by atoms with Crippen LogP contribution in [0.25, 0.3) is 10.9 Å². The third-order valence-electron chi connectivity index (χ3n) is 9.31. The van der Waals surface area contributed by atoms with Gasteiger partial charge in [0.1, 0.15) is 11.5 Å². The fourth-order valence-electron chi connectivity index (χ4n) is 6.81. The summed E-state index contributed by atoms with van der Waals surface area (Å²) in [5.41, 5.74) is 4.86. The summed E-state index contributed by atoms with van der Waals surface area (Å²) in [6.45, 7) is 17.7. The van der Waals surface area contributed by atoms with Gasteiger partial charge in [0.25, 0.3) is 0 Å². The first-order chi connectivity index (χ1) is 18.9. The number of aromatic hydroxyl groups is 1. The highest BCUT2D eigenvalue weighted by Gasteiger charge is 2.43. The van der Waals surface area contributed by atoms with Crippen LogP contribution in [0, 0.1) is 11.8 Å². The van der Waals surface area contributed by atoms with Gasteiger partial charge >= 0.3 is 0 Å². The zero-order valence-electron chi connectivity index (χ0n) is 25.7. The molecule has 5 atom stereocenters. The van der Waals surface area contributed by atoms with E-state index < -0.39 is 0 Å². The molecule has 1 aromatic heterocycles. The lowest BCUT2D eigenvalue weighted by molar-refractivity contribution is -0.0101. The van der Waals surface area contributed by atoms with Crippen LogP contribution < -0.4 is 4.74 Å². The molecule has 1 N–H and O–H groups in total. The van der Waals surface area contributed by atoms with Crippen molar-refractivity contribution in [3.63, 3.8) is 0 Å². The Morgan fingerprint density at radius 1 is 1.10 bits per heavy atom. The summed E-state index contributed by atoms with van der Waals surface area (Å²) < 4.78 is 5.61. The normalized spacial score (nSPS) is 24.1. The SMILES string of the molecule is CCC1CN2CCC1C[C@H]2[C@@H](N=Cc1cc(C(C)(C)C)cc(C(C)(C)C)c1O)c1ccnc2ccc(OC)cc12. The summed E-state index contributed by atoms with van der Waals surface area (Å²) >= 11 is 0. The molecule has 5 nitrogen and oxygen atoms in total. The molecule has 0 spiro atoms. The summed E-state index contributed by atoms with van der Waals surface area (Å²) in [6.07, 6.45) is 7.51. The summed E-state index contributed by atoms with van der Waals surface area (Å²) in [4.78, 5) is 12.7. The molecule has 6 rings (SSSR count). The van der Waals surface area contributed by atoms with Gasteiger partial charge in [-0.3, -0.25) is 14.9 Å². The van der Waals surface area contributed by atoms with Crippen LogP contribution in [-0.2, 0) is 10.8 Å². The lowest BCUT2D eigenvalue weighted by Gasteiger charge is -2.51. The number of aromatic nitrogens is 1. The van der Waals surface area contributed by atoms with E-state index in [1.54, 1.807) is 7.11 Å². The molecule has 0 radical (unpaired) electrons. The third-order valence-corrected chi connectivity index (χ3v) is 9.31. The van der Waals surface area contributed by atoms with Gasteiger partial charge in [-0.15, -0.1) is 0 Å². The molecule has 0 amide bonds. The molecule has 0 aliphatic carbocycles. The van der Waals surface area contributed by atoms with Crippen LogP contribution in [0.4, 0.5) is 0 Å². The number of hydrogen-bond donors (Lipinski definition) is 1. The number of benzene rings is 2. The zero-order chi connectivity index (χ0) is 28.8. The Bertz CT molecular complexity index is 1400. The van der Waals surface area contributed by atoms with Crippen LogP contribution in [0.1, 0.15) is 96.0 Å². The highest BCUT2D eigenvalue weighted by atomic mass is 16.5. The minimum atomic E-state index is -0.186. The van der Waals surface area contributed by atoms with Gasteiger partial charge in [-0.05, 0) is 83.5 Å². The second-order valence-corrected chi connectivity index (χ2v) is 14.0. The highest BCUT2D eigenvalue weighted by Crippen LogP contribution is 2.45. The fourth-order valence-corrected chi connectivity index (χ4v) is 6.81. The third kappa shape index (κ3) is 5.50. The van der Waals surface area contributed by atoms with Crippen molar-refractivity contribution in [3.8, 4) is 11.5 Å². The average molecular weight is 542 g/mol. The number of phenolic OH excluding ortho intramolecular Hbond substituents is 1. The van der Waals surface area contributed by atoms with Crippen LogP contribution in [0.3, 0.4) is 0 Å². The Kier molecular flexibility index (Phi) is 7.73. The smallest absolute Gasteiger partial charge is 0.128 e. The summed E-state index contributed by atoms with van der Waals surface area (Å²) in [5.74, 6) is 2.67. The number of pyridine rings is 1. The quantitative estimate of drug-likeness (QED) is 0.323. The van der Waals surface area contributed by atoms with E-state index in [9.17, 15) is 5.11 Å². The van der Waals surface area contributed by atoms with E-state index in [2.05, 4.69) is 82.6 Å². The van der Waals surface area contributed by atoms with Crippen LogP contribution in [0.5, 0.6) is 11.5 Å². The monoisotopic (exact) mass is 541 g/mol. The zero-order valence-corrected chi connectivity index (χ0v) is 25.7. The molecule has 0 saturated carbocycles. The number of aliphatic imine (C=N–C) groups is 1. The number of hydrogen-bond acceptors (Lipinski definition) is 5. The van der Waals surface area contributed by atoms with Crippen LogP contribution in [0.15, 0.2) is 47.6 Å². The van der Waals surface area contributed by atoms with E-state index >= 15 is 0 Å². The number of phenols is 1. The van der Waals surface area contributed by atoms with Crippen LogP contribution in [0.2, 0.25) is 0 Å². The second kappa shape index (κ2) is 10.8. The van der Waals surface area contributed by atoms with Gasteiger partial charge in [0.2, 0.25) is 0 Å². The van der Waals surface area contributed by atoms with Crippen LogP contribution >= 0.6 is 0 Å². The first kappa shape index (κ1) is 28.6. The van der Waals surface area contributed by atoms with Crippen molar-refractivity contribution in [2.75, 3.05) is 20.2 Å². The second-order valence-electron chi connectivity index (χ2n) is 14.0. The number of piperidine rings is 3. The Morgan fingerprint density at radius 3 is 2.50 bits per heavy atom. The molecule has 5 heteroatoms. The molecule has 3 aromatic rings. The van der Waals surface area contributed by atoms with E-state index in [0.717, 1.165) is 59.1 Å².